The number of carbonyl (C=O) groups is 3. The molecule has 1 saturated heterocycles. The van der Waals surface area contributed by atoms with Crippen LogP contribution in [0.15, 0.2) is 115 Å². The number of nitrogens with one attached hydrogen (secondary N) is 1. The topological polar surface area (TPSA) is 79.0 Å². The van der Waals surface area contributed by atoms with Gasteiger partial charge in [-0.15, -0.1) is 11.8 Å². The van der Waals surface area contributed by atoms with Crippen molar-refractivity contribution in [1.29, 1.82) is 0 Å². The van der Waals surface area contributed by atoms with Crippen LogP contribution in [0.1, 0.15) is 22.8 Å². The van der Waals surface area contributed by atoms with Crippen LogP contribution in [0.25, 0.3) is 0 Å². The molecule has 2 aliphatic rings. The maximum absolute atomic E-state index is 13.9. The highest BCUT2D eigenvalue weighted by Gasteiger charge is 2.54. The zero-order valence-corrected chi connectivity index (χ0v) is 23.2. The first-order valence-electron chi connectivity index (χ1n) is 13.1. The van der Waals surface area contributed by atoms with Crippen LogP contribution in [0.2, 0.25) is 0 Å². The number of thioether (sulfide) groups is 1. The molecule has 0 spiro atoms. The van der Waals surface area contributed by atoms with E-state index in [0.717, 1.165) is 16.7 Å². The zero-order chi connectivity index (χ0) is 28.1. The molecule has 0 bridgehead atoms. The van der Waals surface area contributed by atoms with Gasteiger partial charge in [0.1, 0.15) is 17.1 Å². The Balaban J connectivity index is 1.40. The molecule has 3 aromatic carbocycles. The Kier molecular flexibility index (Phi) is 8.36. The normalized spacial score (nSPS) is 18.4. The zero-order valence-electron chi connectivity index (χ0n) is 22.4. The summed E-state index contributed by atoms with van der Waals surface area (Å²) in [7, 11) is 3.78. The van der Waals surface area contributed by atoms with Crippen molar-refractivity contribution in [2.45, 2.75) is 23.9 Å². The fourth-order valence-corrected chi connectivity index (χ4v) is 6.07. The van der Waals surface area contributed by atoms with Crippen molar-refractivity contribution >= 4 is 29.5 Å². The summed E-state index contributed by atoms with van der Waals surface area (Å²) in [5.41, 5.74) is 3.44. The van der Waals surface area contributed by atoms with Crippen molar-refractivity contribution in [2.24, 2.45) is 0 Å². The van der Waals surface area contributed by atoms with Crippen LogP contribution in [0.3, 0.4) is 0 Å². The molecular weight excluding hydrogens is 522 g/mol. The number of nitrogens with zero attached hydrogens (tertiary/aromatic N) is 2. The lowest BCUT2D eigenvalue weighted by Crippen LogP contribution is -2.70. The lowest BCUT2D eigenvalue weighted by atomic mass is 10.0. The van der Waals surface area contributed by atoms with Crippen molar-refractivity contribution in [3.05, 3.63) is 131 Å². The summed E-state index contributed by atoms with van der Waals surface area (Å²) >= 11 is 1.52. The van der Waals surface area contributed by atoms with Gasteiger partial charge in [-0.2, -0.15) is 0 Å². The Labute approximate surface area is 238 Å². The van der Waals surface area contributed by atoms with Gasteiger partial charge in [0.2, 0.25) is 5.91 Å². The standard InChI is InChI=1S/C32H31N3O4S/c1-34(2)19-18-25-21-40-31-27(33-26(36)20-22-12-6-3-7-13-22)30(37)35(31)28(25)32(38)39-29(23-14-8-4-9-15-23)24-16-10-5-11-17-24/h3-19,27,29,31H,20-21H2,1-2H3,(H,33,36). The van der Waals surface area contributed by atoms with Crippen LogP contribution in [0.4, 0.5) is 0 Å². The van der Waals surface area contributed by atoms with Gasteiger partial charge in [-0.25, -0.2) is 4.79 Å². The molecule has 0 radical (unpaired) electrons. The quantitative estimate of drug-likeness (QED) is 0.315. The van der Waals surface area contributed by atoms with Crippen LogP contribution in [-0.2, 0) is 25.5 Å². The first-order valence-corrected chi connectivity index (χ1v) is 14.1. The first-order chi connectivity index (χ1) is 19.4. The number of allylic oxidation sites excluding steroid dienone is 1. The largest absolute Gasteiger partial charge is 0.448 e. The fourth-order valence-electron chi connectivity index (χ4n) is 4.75. The number of hydrogen-bond donors (Lipinski definition) is 1. The van der Waals surface area contributed by atoms with Crippen LogP contribution >= 0.6 is 11.8 Å². The fraction of sp³-hybridized carbons (Fsp3) is 0.219. The molecule has 5 rings (SSSR count). The molecule has 1 fully saturated rings. The number of fused-ring (bicyclic) bond motifs is 1. The van der Waals surface area contributed by atoms with Gasteiger partial charge < -0.3 is 15.0 Å². The van der Waals surface area contributed by atoms with E-state index in [1.165, 1.54) is 16.7 Å². The molecule has 0 aromatic heterocycles. The van der Waals surface area contributed by atoms with Crippen LogP contribution in [-0.4, -0.2) is 58.8 Å². The smallest absolute Gasteiger partial charge is 0.356 e. The van der Waals surface area contributed by atoms with Crippen molar-refractivity contribution < 1.29 is 19.1 Å². The number of ether oxygens (including phenoxy) is 1. The second kappa shape index (κ2) is 12.3. The molecule has 0 aliphatic carbocycles. The van der Waals surface area contributed by atoms with Crippen LogP contribution in [0.5, 0.6) is 0 Å². The number of amides is 2. The third kappa shape index (κ3) is 5.97. The van der Waals surface area contributed by atoms with Crippen molar-refractivity contribution in [2.75, 3.05) is 19.8 Å². The number of carbonyl (C=O) groups excluding carboxylic acids is 3. The summed E-state index contributed by atoms with van der Waals surface area (Å²) < 4.78 is 6.16. The average molecular weight is 554 g/mol. The molecule has 3 aromatic rings. The molecule has 0 saturated carbocycles. The van der Waals surface area contributed by atoms with Gasteiger partial charge in [0, 0.05) is 19.8 Å². The lowest BCUT2D eigenvalue weighted by Gasteiger charge is -2.49. The van der Waals surface area contributed by atoms with Crippen molar-refractivity contribution in [1.82, 2.24) is 15.1 Å². The summed E-state index contributed by atoms with van der Waals surface area (Å²) in [6.45, 7) is 0. The van der Waals surface area contributed by atoms with E-state index in [0.29, 0.717) is 11.3 Å². The Morgan fingerprint density at radius 1 is 0.975 bits per heavy atom. The summed E-state index contributed by atoms with van der Waals surface area (Å²) in [6.07, 6.45) is 3.22. The second-order valence-corrected chi connectivity index (χ2v) is 11.0. The molecule has 2 heterocycles. The summed E-state index contributed by atoms with van der Waals surface area (Å²) in [4.78, 5) is 43.4. The third-order valence-corrected chi connectivity index (χ3v) is 8.02. The van der Waals surface area contributed by atoms with Gasteiger partial charge in [0.25, 0.3) is 5.91 Å². The van der Waals surface area contributed by atoms with Crippen molar-refractivity contribution in [3.63, 3.8) is 0 Å². The number of hydrogen-bond acceptors (Lipinski definition) is 6. The minimum atomic E-state index is -0.706. The van der Waals surface area contributed by atoms with Gasteiger partial charge in [-0.05, 0) is 34.5 Å². The molecule has 204 valence electrons. The van der Waals surface area contributed by atoms with E-state index in [2.05, 4.69) is 5.32 Å². The van der Waals surface area contributed by atoms with Gasteiger partial charge in [-0.3, -0.25) is 14.5 Å². The predicted octanol–water partition coefficient (Wildman–Crippen LogP) is 4.29. The number of benzene rings is 3. The predicted molar refractivity (Wildman–Crippen MR) is 156 cm³/mol. The van der Waals surface area contributed by atoms with E-state index >= 15 is 0 Å². The van der Waals surface area contributed by atoms with E-state index < -0.39 is 23.5 Å². The molecular formula is C32H31N3O4S. The molecule has 2 aliphatic heterocycles. The van der Waals surface area contributed by atoms with E-state index in [-0.39, 0.29) is 23.9 Å². The number of rotatable bonds is 9. The highest BCUT2D eigenvalue weighted by molar-refractivity contribution is 8.00. The molecule has 8 heteroatoms. The van der Waals surface area contributed by atoms with Gasteiger partial charge in [0.15, 0.2) is 6.10 Å². The first kappa shape index (κ1) is 27.3. The minimum Gasteiger partial charge on any atom is -0.448 e. The van der Waals surface area contributed by atoms with Gasteiger partial charge >= 0.3 is 5.97 Å². The molecule has 7 nitrogen and oxygen atoms in total. The highest BCUT2D eigenvalue weighted by atomic mass is 32.2. The summed E-state index contributed by atoms with van der Waals surface area (Å²) in [5.74, 6) is -0.638. The number of esters is 1. The Hall–Kier alpha value is -4.30. The van der Waals surface area contributed by atoms with Crippen LogP contribution in [0, 0.1) is 0 Å². The maximum atomic E-state index is 13.9. The molecule has 2 atom stereocenters. The summed E-state index contributed by atoms with van der Waals surface area (Å²) in [5, 5.41) is 2.49. The van der Waals surface area contributed by atoms with E-state index in [1.807, 2.05) is 122 Å². The van der Waals surface area contributed by atoms with Gasteiger partial charge in [0.05, 0.1) is 6.42 Å². The second-order valence-electron chi connectivity index (χ2n) is 9.88. The highest BCUT2D eigenvalue weighted by Crippen LogP contribution is 2.42. The lowest BCUT2D eigenvalue weighted by molar-refractivity contribution is -0.154. The van der Waals surface area contributed by atoms with E-state index in [4.69, 9.17) is 4.74 Å². The third-order valence-electron chi connectivity index (χ3n) is 6.72. The van der Waals surface area contributed by atoms with E-state index in [9.17, 15) is 14.4 Å². The van der Waals surface area contributed by atoms with E-state index in [1.54, 1.807) is 0 Å². The Bertz CT molecular complexity index is 1380. The Morgan fingerprint density at radius 2 is 1.55 bits per heavy atom. The van der Waals surface area contributed by atoms with Crippen LogP contribution < -0.4 is 5.32 Å². The SMILES string of the molecule is CN(C)C=CC1=C(C(=O)OC(c2ccccc2)c2ccccc2)N2C(=O)C(NC(=O)Cc3ccccc3)C2SC1. The molecule has 2 amide bonds. The Morgan fingerprint density at radius 3 is 2.12 bits per heavy atom. The maximum Gasteiger partial charge on any atom is 0.356 e. The molecule has 1 N–H and O–H groups in total. The van der Waals surface area contributed by atoms with Gasteiger partial charge in [-0.1, -0.05) is 91.0 Å². The summed E-state index contributed by atoms with van der Waals surface area (Å²) in [6, 6.07) is 27.8. The monoisotopic (exact) mass is 553 g/mol. The number of β-lactam (4-membered cyclic amide) rings is 1. The minimum absolute atomic E-state index is 0.180. The average Bonchev–Trinajstić information content (AvgIpc) is 2.98. The molecule has 2 unspecified atom stereocenters. The van der Waals surface area contributed by atoms with Crippen molar-refractivity contribution in [3.8, 4) is 0 Å². The molecule has 40 heavy (non-hydrogen) atoms.